The SMILES string of the molecule is CCCC[C@@H](Nc1nc(Nc2cc(OC)nc(OC)c2)c(C(N)=O)cc1F)[C@H](C)N. The zero-order chi connectivity index (χ0) is 22.3. The number of nitrogens with zero attached hydrogens (tertiary/aromatic N) is 2. The summed E-state index contributed by atoms with van der Waals surface area (Å²) in [6.45, 7) is 3.91. The number of rotatable bonds is 11. The summed E-state index contributed by atoms with van der Waals surface area (Å²) < 4.78 is 24.9. The van der Waals surface area contributed by atoms with Gasteiger partial charge in [-0.05, 0) is 19.4 Å². The lowest BCUT2D eigenvalue weighted by molar-refractivity contribution is 0.100. The summed E-state index contributed by atoms with van der Waals surface area (Å²) in [5, 5.41) is 6.02. The fraction of sp³-hybridized carbons (Fsp3) is 0.450. The van der Waals surface area contributed by atoms with Crippen LogP contribution in [0, 0.1) is 5.82 Å². The molecule has 0 unspecified atom stereocenters. The molecule has 0 aromatic carbocycles. The van der Waals surface area contributed by atoms with Crippen molar-refractivity contribution in [2.24, 2.45) is 11.5 Å². The third kappa shape index (κ3) is 5.93. The minimum atomic E-state index is -0.821. The Balaban J connectivity index is 2.43. The maximum atomic E-state index is 14.7. The number of methoxy groups -OCH3 is 2. The van der Waals surface area contributed by atoms with E-state index in [1.807, 2.05) is 6.92 Å². The van der Waals surface area contributed by atoms with Crippen LogP contribution in [0.4, 0.5) is 21.7 Å². The van der Waals surface area contributed by atoms with Crippen molar-refractivity contribution in [3.05, 3.63) is 29.6 Å². The van der Waals surface area contributed by atoms with Gasteiger partial charge in [-0.1, -0.05) is 19.8 Å². The van der Waals surface area contributed by atoms with Gasteiger partial charge in [0.05, 0.1) is 25.5 Å². The Labute approximate surface area is 175 Å². The van der Waals surface area contributed by atoms with Crippen LogP contribution in [-0.2, 0) is 0 Å². The smallest absolute Gasteiger partial charge is 0.252 e. The number of carbonyl (C=O) groups excluding carboxylic acids is 1. The largest absolute Gasteiger partial charge is 0.481 e. The molecule has 9 nitrogen and oxygen atoms in total. The van der Waals surface area contributed by atoms with E-state index in [9.17, 15) is 9.18 Å². The minimum Gasteiger partial charge on any atom is -0.481 e. The van der Waals surface area contributed by atoms with Crippen molar-refractivity contribution in [1.82, 2.24) is 9.97 Å². The summed E-state index contributed by atoms with van der Waals surface area (Å²) in [4.78, 5) is 20.2. The Morgan fingerprint density at radius 1 is 1.17 bits per heavy atom. The molecule has 2 heterocycles. The third-order valence-corrected chi connectivity index (χ3v) is 4.53. The van der Waals surface area contributed by atoms with Crippen molar-refractivity contribution in [3.8, 4) is 11.8 Å². The Kier molecular flexibility index (Phi) is 8.16. The summed E-state index contributed by atoms with van der Waals surface area (Å²) in [7, 11) is 2.92. The zero-order valence-electron chi connectivity index (χ0n) is 17.7. The number of pyridine rings is 2. The molecule has 0 bridgehead atoms. The molecule has 6 N–H and O–H groups in total. The summed E-state index contributed by atoms with van der Waals surface area (Å²) in [5.74, 6) is -0.877. The van der Waals surface area contributed by atoms with E-state index < -0.39 is 11.7 Å². The molecule has 2 aromatic rings. The fourth-order valence-corrected chi connectivity index (χ4v) is 2.84. The molecule has 0 spiro atoms. The van der Waals surface area contributed by atoms with Crippen molar-refractivity contribution in [2.45, 2.75) is 45.2 Å². The molecule has 164 valence electrons. The molecule has 0 radical (unpaired) electrons. The summed E-state index contributed by atoms with van der Waals surface area (Å²) in [6.07, 6.45) is 2.68. The quantitative estimate of drug-likeness (QED) is 0.435. The number of halogens is 1. The molecule has 0 aliphatic rings. The van der Waals surface area contributed by atoms with E-state index in [2.05, 4.69) is 27.5 Å². The highest BCUT2D eigenvalue weighted by atomic mass is 19.1. The van der Waals surface area contributed by atoms with Crippen molar-refractivity contribution in [1.29, 1.82) is 0 Å². The van der Waals surface area contributed by atoms with Crippen LogP contribution in [0.25, 0.3) is 0 Å². The second-order valence-electron chi connectivity index (χ2n) is 6.90. The van der Waals surface area contributed by atoms with Gasteiger partial charge in [0.1, 0.15) is 5.82 Å². The van der Waals surface area contributed by atoms with Crippen LogP contribution in [0.1, 0.15) is 43.5 Å². The molecule has 0 saturated carbocycles. The number of amides is 1. The fourth-order valence-electron chi connectivity index (χ4n) is 2.84. The topological polar surface area (TPSA) is 137 Å². The van der Waals surface area contributed by atoms with E-state index in [-0.39, 0.29) is 41.0 Å². The number of unbranched alkanes of at least 4 members (excludes halogenated alkanes) is 1. The van der Waals surface area contributed by atoms with Crippen molar-refractivity contribution >= 4 is 23.2 Å². The molecule has 2 rings (SSSR count). The molecular weight excluding hydrogens is 391 g/mol. The lowest BCUT2D eigenvalue weighted by atomic mass is 10.0. The number of anilines is 3. The van der Waals surface area contributed by atoms with E-state index in [1.165, 1.54) is 14.2 Å². The molecule has 2 atom stereocenters. The van der Waals surface area contributed by atoms with Gasteiger partial charge in [-0.15, -0.1) is 0 Å². The van der Waals surface area contributed by atoms with Crippen molar-refractivity contribution in [2.75, 3.05) is 24.9 Å². The van der Waals surface area contributed by atoms with Gasteiger partial charge in [-0.3, -0.25) is 4.79 Å². The van der Waals surface area contributed by atoms with Gasteiger partial charge in [0.25, 0.3) is 5.91 Å². The molecule has 0 aliphatic carbocycles. The second kappa shape index (κ2) is 10.6. The Morgan fingerprint density at radius 2 is 1.80 bits per heavy atom. The van der Waals surface area contributed by atoms with Crippen molar-refractivity contribution in [3.63, 3.8) is 0 Å². The van der Waals surface area contributed by atoms with Gasteiger partial charge < -0.3 is 31.6 Å². The van der Waals surface area contributed by atoms with Crippen LogP contribution in [0.5, 0.6) is 11.8 Å². The van der Waals surface area contributed by atoms with Crippen LogP contribution in [0.3, 0.4) is 0 Å². The number of primary amides is 1. The van der Waals surface area contributed by atoms with E-state index >= 15 is 0 Å². The van der Waals surface area contributed by atoms with Crippen LogP contribution in [0.15, 0.2) is 18.2 Å². The number of nitrogens with one attached hydrogen (secondary N) is 2. The van der Waals surface area contributed by atoms with E-state index in [0.29, 0.717) is 5.69 Å². The maximum absolute atomic E-state index is 14.7. The van der Waals surface area contributed by atoms with Gasteiger partial charge in [0.15, 0.2) is 11.6 Å². The van der Waals surface area contributed by atoms with Crippen LogP contribution < -0.4 is 31.6 Å². The number of ether oxygens (including phenoxy) is 2. The first-order valence-electron chi connectivity index (χ1n) is 9.68. The predicted octanol–water partition coefficient (Wildman–Crippen LogP) is 2.79. The molecule has 0 fully saturated rings. The van der Waals surface area contributed by atoms with Crippen LogP contribution in [-0.4, -0.2) is 42.2 Å². The lowest BCUT2D eigenvalue weighted by Crippen LogP contribution is -2.38. The van der Waals surface area contributed by atoms with E-state index in [1.54, 1.807) is 12.1 Å². The van der Waals surface area contributed by atoms with Crippen molar-refractivity contribution < 1.29 is 18.7 Å². The second-order valence-corrected chi connectivity index (χ2v) is 6.90. The Morgan fingerprint density at radius 3 is 2.30 bits per heavy atom. The first-order chi connectivity index (χ1) is 14.3. The average molecular weight is 420 g/mol. The zero-order valence-corrected chi connectivity index (χ0v) is 17.7. The maximum Gasteiger partial charge on any atom is 0.252 e. The molecule has 0 aliphatic heterocycles. The monoisotopic (exact) mass is 420 g/mol. The van der Waals surface area contributed by atoms with E-state index in [0.717, 1.165) is 25.3 Å². The summed E-state index contributed by atoms with van der Waals surface area (Å²) >= 11 is 0. The lowest BCUT2D eigenvalue weighted by Gasteiger charge is -2.23. The summed E-state index contributed by atoms with van der Waals surface area (Å²) in [6, 6.07) is 3.81. The standard InChI is InChI=1S/C20H29FN6O3/c1-5-6-7-15(11(2)22)25-20-14(21)10-13(18(23)28)19(27-20)24-12-8-16(29-3)26-17(9-12)30-4/h8-11,15H,5-7,22H2,1-4H3,(H2,23,28)(H2,24,25,26,27)/t11-,15+/m0/s1. The van der Waals surface area contributed by atoms with Gasteiger partial charge in [-0.2, -0.15) is 4.98 Å². The highest BCUT2D eigenvalue weighted by Gasteiger charge is 2.20. The predicted molar refractivity (Wildman–Crippen MR) is 114 cm³/mol. The number of aromatic nitrogens is 2. The number of hydrogen-bond donors (Lipinski definition) is 4. The first kappa shape index (κ1) is 23.1. The molecule has 30 heavy (non-hydrogen) atoms. The molecule has 2 aromatic heterocycles. The van der Waals surface area contributed by atoms with Gasteiger partial charge in [0, 0.05) is 24.2 Å². The van der Waals surface area contributed by atoms with Crippen LogP contribution >= 0.6 is 0 Å². The molecule has 1 amide bonds. The Hall–Kier alpha value is -3.14. The van der Waals surface area contributed by atoms with Crippen LogP contribution in [0.2, 0.25) is 0 Å². The highest BCUT2D eigenvalue weighted by Crippen LogP contribution is 2.28. The average Bonchev–Trinajstić information content (AvgIpc) is 2.72. The highest BCUT2D eigenvalue weighted by molar-refractivity contribution is 5.98. The van der Waals surface area contributed by atoms with Gasteiger partial charge in [0.2, 0.25) is 11.8 Å². The number of nitrogens with two attached hydrogens (primary N) is 2. The molecule has 10 heteroatoms. The van der Waals surface area contributed by atoms with Gasteiger partial charge >= 0.3 is 0 Å². The summed E-state index contributed by atoms with van der Waals surface area (Å²) in [5.41, 5.74) is 11.8. The number of hydrogen-bond acceptors (Lipinski definition) is 8. The number of carbonyl (C=O) groups is 1. The Bertz CT molecular complexity index is 856. The first-order valence-corrected chi connectivity index (χ1v) is 9.68. The normalized spacial score (nSPS) is 12.7. The third-order valence-electron chi connectivity index (χ3n) is 4.53. The van der Waals surface area contributed by atoms with Gasteiger partial charge in [-0.25, -0.2) is 9.37 Å². The molecule has 0 saturated heterocycles. The van der Waals surface area contributed by atoms with E-state index in [4.69, 9.17) is 20.9 Å². The minimum absolute atomic E-state index is 0.0195. The molecular formula is C20H29FN6O3.